The van der Waals surface area contributed by atoms with Crippen molar-refractivity contribution in [1.82, 2.24) is 0 Å². The van der Waals surface area contributed by atoms with Crippen LogP contribution in [0, 0.1) is 39.4 Å². The van der Waals surface area contributed by atoms with E-state index < -0.39 is 213 Å². The summed E-state index contributed by atoms with van der Waals surface area (Å²) in [5.74, 6) is -0.721. The quantitative estimate of drug-likeness (QED) is 0.0432. The predicted octanol–water partition coefficient (Wildman–Crippen LogP) is -3.38. The zero-order chi connectivity index (χ0) is 63.9. The van der Waals surface area contributed by atoms with E-state index in [1.54, 1.807) is 0 Å². The number of hydrogen-bond donors (Lipinski definition) is 14. The first kappa shape index (κ1) is 67.6. The molecule has 0 radical (unpaired) electrons. The predicted molar refractivity (Wildman–Crippen MR) is 294 cm³/mol. The van der Waals surface area contributed by atoms with E-state index in [0.717, 1.165) is 37.7 Å². The van der Waals surface area contributed by atoms with Gasteiger partial charge >= 0.3 is 5.97 Å². The number of carbonyl (C=O) groups is 1. The number of hydrogen-bond acceptors (Lipinski definition) is 28. The second kappa shape index (κ2) is 24.7. The molecule has 0 bridgehead atoms. The Bertz CT molecular complexity index is 2490. The van der Waals surface area contributed by atoms with Crippen LogP contribution in [-0.4, -0.2) is 288 Å². The van der Waals surface area contributed by atoms with Crippen molar-refractivity contribution in [3.8, 4) is 0 Å². The maximum Gasteiger partial charge on any atom is 0.316 e. The third-order valence-corrected chi connectivity index (χ3v) is 23.1. The van der Waals surface area contributed by atoms with E-state index in [-0.39, 0.29) is 35.4 Å². The number of fused-ring (bicyclic) bond motifs is 4. The molecule has 0 aromatic rings. The van der Waals surface area contributed by atoms with Crippen LogP contribution in [0.1, 0.15) is 107 Å². The summed E-state index contributed by atoms with van der Waals surface area (Å²) in [5, 5.41) is 155. The zero-order valence-corrected chi connectivity index (χ0v) is 51.4. The van der Waals surface area contributed by atoms with Gasteiger partial charge in [-0.25, -0.2) is 0 Å². The Balaban J connectivity index is 0.818. The van der Waals surface area contributed by atoms with Crippen LogP contribution in [0.4, 0.5) is 0 Å². The van der Waals surface area contributed by atoms with Gasteiger partial charge in [0.15, 0.2) is 31.5 Å². The zero-order valence-electron chi connectivity index (χ0n) is 51.4. The van der Waals surface area contributed by atoms with E-state index in [9.17, 15) is 76.3 Å². The lowest BCUT2D eigenvalue weighted by molar-refractivity contribution is -0.394. The van der Waals surface area contributed by atoms with Crippen molar-refractivity contribution in [2.75, 3.05) is 33.5 Å². The molecule has 1 spiro atoms. The lowest BCUT2D eigenvalue weighted by atomic mass is 9.40. The third kappa shape index (κ3) is 10.7. The molecule has 7 saturated heterocycles. The summed E-state index contributed by atoms with van der Waals surface area (Å²) in [6.45, 7) is 13.3. The Labute approximate surface area is 510 Å². The molecule has 0 aromatic heterocycles. The minimum absolute atomic E-state index is 0.0402. The van der Waals surface area contributed by atoms with Gasteiger partial charge in [0, 0.05) is 13.0 Å². The van der Waals surface area contributed by atoms with Crippen molar-refractivity contribution in [3.05, 3.63) is 11.6 Å². The number of allylic oxidation sites excluding steroid dienone is 1. The molecule has 0 unspecified atom stereocenters. The topological polar surface area (TPSA) is 420 Å². The Kier molecular flexibility index (Phi) is 19.0. The van der Waals surface area contributed by atoms with Crippen molar-refractivity contribution in [2.24, 2.45) is 39.4 Å². The minimum atomic E-state index is -2.02. The number of methoxy groups -OCH3 is 1. The van der Waals surface area contributed by atoms with Crippen LogP contribution >= 0.6 is 0 Å². The maximum absolute atomic E-state index is 14.7. The summed E-state index contributed by atoms with van der Waals surface area (Å²) in [6, 6.07) is 0. The SMILES string of the molecule is CO[C@@H]1[C@@H](O)[C@H](O[C@@H]2[C@@H](O)[C@H](O[C@H]3[C@H](O)[C@@H](O)[C@H](O[C@H]4[C@H](O[C@H]5CC[C@]6(C)C7=C[C@H](O)[C@]89C(=O)O[C@@](C)([C@H]%10CCC(C)(C)O%10)[C@H]8CC[C@@]9(C)[C@@H]7CC[C@H]6C5(C)C)OC[C@@H](O[C@@H]5O[C@H](CO)[C@@H](O)[C@H](O)[C@H]5O)[C@@H]4O)O[C@@H]3C)O[C@H](CO)[C@H]2O)O[C@H](CO)[C@H]1O. The average Bonchev–Trinajstić information content (AvgIpc) is 1.46. The van der Waals surface area contributed by atoms with Crippen LogP contribution in [0.25, 0.3) is 0 Å². The maximum atomic E-state index is 14.7. The Morgan fingerprint density at radius 2 is 1.10 bits per heavy atom. The molecule has 10 fully saturated rings. The molecule has 28 nitrogen and oxygen atoms in total. The number of aliphatic hydroxyl groups excluding tert-OH is 14. The van der Waals surface area contributed by atoms with Crippen LogP contribution in [0.2, 0.25) is 0 Å². The van der Waals surface area contributed by atoms with E-state index in [4.69, 9.17) is 61.6 Å². The van der Waals surface area contributed by atoms with Gasteiger partial charge in [-0.05, 0) is 107 Å². The second-order valence-electron chi connectivity index (χ2n) is 28.7. The minimum Gasteiger partial charge on any atom is -0.456 e. The molecule has 7 aliphatic heterocycles. The van der Waals surface area contributed by atoms with Crippen molar-refractivity contribution >= 4 is 5.97 Å². The first-order chi connectivity index (χ1) is 41.4. The summed E-state index contributed by atoms with van der Waals surface area (Å²) in [7, 11) is 1.19. The van der Waals surface area contributed by atoms with E-state index in [1.165, 1.54) is 14.0 Å². The Morgan fingerprint density at radius 3 is 1.72 bits per heavy atom. The Hall–Kier alpha value is -1.83. The van der Waals surface area contributed by atoms with E-state index in [0.29, 0.717) is 19.3 Å². The number of esters is 1. The monoisotopic (exact) mass is 1260 g/mol. The fraction of sp³-hybridized carbons (Fsp3) is 0.950. The molecule has 88 heavy (non-hydrogen) atoms. The fourth-order valence-corrected chi connectivity index (χ4v) is 18.2. The highest BCUT2D eigenvalue weighted by Gasteiger charge is 2.80. The number of ether oxygens (including phenoxy) is 13. The molecule has 504 valence electrons. The number of carbonyl (C=O) groups excluding carboxylic acids is 1. The molecule has 28 heteroatoms. The van der Waals surface area contributed by atoms with Crippen LogP contribution in [0.15, 0.2) is 11.6 Å². The van der Waals surface area contributed by atoms with Gasteiger partial charge < -0.3 is 133 Å². The highest BCUT2D eigenvalue weighted by molar-refractivity contribution is 5.84. The fourth-order valence-electron chi connectivity index (χ4n) is 18.2. The molecule has 0 amide bonds. The molecular weight excluding hydrogens is 1170 g/mol. The summed E-state index contributed by atoms with van der Waals surface area (Å²) in [5.41, 5.74) is -3.07. The molecule has 11 rings (SSSR count). The molecule has 14 N–H and O–H groups in total. The van der Waals surface area contributed by atoms with Crippen molar-refractivity contribution in [1.29, 1.82) is 0 Å². The molecule has 34 atom stereocenters. The van der Waals surface area contributed by atoms with Gasteiger partial charge in [-0.2, -0.15) is 0 Å². The van der Waals surface area contributed by atoms with Crippen molar-refractivity contribution in [3.63, 3.8) is 0 Å². The van der Waals surface area contributed by atoms with E-state index in [2.05, 4.69) is 41.5 Å². The van der Waals surface area contributed by atoms with Crippen molar-refractivity contribution in [2.45, 2.75) is 284 Å². The lowest BCUT2D eigenvalue weighted by Crippen LogP contribution is -2.67. The molecule has 3 saturated carbocycles. The van der Waals surface area contributed by atoms with Gasteiger partial charge in [-0.1, -0.05) is 39.3 Å². The van der Waals surface area contributed by atoms with E-state index >= 15 is 0 Å². The molecule has 4 aliphatic carbocycles. The van der Waals surface area contributed by atoms with Gasteiger partial charge in [0.05, 0.1) is 56.4 Å². The molecule has 7 heterocycles. The van der Waals surface area contributed by atoms with Crippen LogP contribution in [-0.2, 0) is 66.4 Å². The second-order valence-corrected chi connectivity index (χ2v) is 28.7. The van der Waals surface area contributed by atoms with Crippen LogP contribution in [0.5, 0.6) is 0 Å². The summed E-state index contributed by atoms with van der Waals surface area (Å²) < 4.78 is 79.1. The first-order valence-electron chi connectivity index (χ1n) is 31.4. The van der Waals surface area contributed by atoms with E-state index in [1.807, 2.05) is 13.0 Å². The molecule has 11 aliphatic rings. The van der Waals surface area contributed by atoms with Gasteiger partial charge in [0.25, 0.3) is 0 Å². The van der Waals surface area contributed by atoms with Gasteiger partial charge in [0.1, 0.15) is 121 Å². The molecule has 0 aromatic carbocycles. The average molecular weight is 1270 g/mol. The highest BCUT2D eigenvalue weighted by atomic mass is 16.8. The Morgan fingerprint density at radius 1 is 0.534 bits per heavy atom. The standard InChI is InChI=1S/C60H96O28/c1-23-45(84-52-44(74)47(37(67)28(21-63)81-52)85-51-43(73)46(76-9)36(66)27(20-62)80-51)40(70)42(72)49(78-23)86-48-38(68)29(82-50-41(71)39(69)35(65)26(19-61)79-50)22-77-53(48)83-33-14-16-57(6)25-18-32(64)60-31(59(8,88-54(60)75)34-13-15-55(2,3)87-34)12-17-58(60,7)24(25)10-11-30(57)56(33,4)5/h18,23-24,26-53,61-74H,10-17,19-22H2,1-9H3/t23-,24-,26-,27-,28-,29-,30+,31-,32+,33+,34-,35-,36-,37-,38+,39+,40-,41-,42-,43-,44-,45-,46+,47+,48-,49+,50+,51+,52+,53+,57-,58+,59-,60+/m1/s1. The number of aliphatic hydroxyl groups is 14. The number of rotatable bonds is 15. The largest absolute Gasteiger partial charge is 0.456 e. The summed E-state index contributed by atoms with van der Waals surface area (Å²) >= 11 is 0. The summed E-state index contributed by atoms with van der Waals surface area (Å²) in [6.07, 6.45) is -34.5. The van der Waals surface area contributed by atoms with Gasteiger partial charge in [-0.3, -0.25) is 4.79 Å². The van der Waals surface area contributed by atoms with Gasteiger partial charge in [0.2, 0.25) is 0 Å². The smallest absolute Gasteiger partial charge is 0.316 e. The number of cyclic esters (lactones) is 1. The van der Waals surface area contributed by atoms with Crippen molar-refractivity contribution < 1.29 is 138 Å². The lowest BCUT2D eigenvalue weighted by Gasteiger charge is -2.64. The molecular formula is C60H96O28. The van der Waals surface area contributed by atoms with Crippen LogP contribution < -0.4 is 0 Å². The first-order valence-corrected chi connectivity index (χ1v) is 31.4. The highest BCUT2D eigenvalue weighted by Crippen LogP contribution is 2.76. The third-order valence-electron chi connectivity index (χ3n) is 23.1. The van der Waals surface area contributed by atoms with Crippen LogP contribution in [0.3, 0.4) is 0 Å². The van der Waals surface area contributed by atoms with Gasteiger partial charge in [-0.15, -0.1) is 0 Å². The normalized spacial score (nSPS) is 55.0. The summed E-state index contributed by atoms with van der Waals surface area (Å²) in [4.78, 5) is 14.7.